The van der Waals surface area contributed by atoms with Crippen molar-refractivity contribution in [2.75, 3.05) is 6.61 Å². The molecule has 0 aliphatic carbocycles. The molecule has 0 radical (unpaired) electrons. The van der Waals surface area contributed by atoms with Gasteiger partial charge in [0.2, 0.25) is 8.32 Å². The minimum atomic E-state index is -1.87. The topological polar surface area (TPSA) is 9.23 Å². The number of rotatable bonds is 3. The van der Waals surface area contributed by atoms with Gasteiger partial charge in [-0.1, -0.05) is 54.6 Å². The van der Waals surface area contributed by atoms with Crippen molar-refractivity contribution in [2.24, 2.45) is 0 Å². The van der Waals surface area contributed by atoms with Crippen LogP contribution in [-0.2, 0) is 4.43 Å². The van der Waals surface area contributed by atoms with Crippen molar-refractivity contribution in [3.63, 3.8) is 0 Å². The van der Waals surface area contributed by atoms with Crippen molar-refractivity contribution in [3.05, 3.63) is 54.6 Å². The van der Waals surface area contributed by atoms with Crippen LogP contribution in [0.15, 0.2) is 54.6 Å². The SMILES string of the molecule is CCO[Si](C)(C)c1ccc2ccc3cccc4ccc1c2c34. The first-order valence-electron chi connectivity index (χ1n) is 7.93. The average Bonchev–Trinajstić information content (AvgIpc) is 2.52. The molecule has 0 aromatic heterocycles. The van der Waals surface area contributed by atoms with Crippen LogP contribution in [0.5, 0.6) is 0 Å². The number of hydrogen-bond donors (Lipinski definition) is 0. The molecular weight excluding hydrogens is 284 g/mol. The fourth-order valence-electron chi connectivity index (χ4n) is 3.70. The molecule has 0 saturated carbocycles. The normalized spacial score (nSPS) is 12.7. The van der Waals surface area contributed by atoms with Crippen molar-refractivity contribution >= 4 is 45.8 Å². The van der Waals surface area contributed by atoms with Crippen LogP contribution >= 0.6 is 0 Å². The maximum Gasteiger partial charge on any atom is 0.218 e. The zero-order chi connectivity index (χ0) is 15.3. The second-order valence-corrected chi connectivity index (χ2v) is 10.3. The van der Waals surface area contributed by atoms with E-state index in [0.717, 1.165) is 6.61 Å². The van der Waals surface area contributed by atoms with E-state index in [9.17, 15) is 0 Å². The first-order valence-corrected chi connectivity index (χ1v) is 10.8. The van der Waals surface area contributed by atoms with Crippen LogP contribution in [0.25, 0.3) is 32.3 Å². The summed E-state index contributed by atoms with van der Waals surface area (Å²) >= 11 is 0. The highest BCUT2D eigenvalue weighted by Crippen LogP contribution is 2.34. The molecule has 0 aliphatic heterocycles. The predicted octanol–water partition coefficient (Wildman–Crippen LogP) is 5.03. The minimum absolute atomic E-state index is 0.779. The van der Waals surface area contributed by atoms with Gasteiger partial charge < -0.3 is 4.43 Å². The zero-order valence-electron chi connectivity index (χ0n) is 13.3. The lowest BCUT2D eigenvalue weighted by Crippen LogP contribution is -2.45. The predicted molar refractivity (Wildman–Crippen MR) is 98.9 cm³/mol. The Bertz CT molecular complexity index is 956. The standard InChI is InChI=1S/C20H20OSi/c1-4-21-22(2,3)18-13-11-16-9-8-14-6-5-7-15-10-12-17(18)20(16)19(14)15/h5-13H,4H2,1-3H3. The van der Waals surface area contributed by atoms with E-state index in [4.69, 9.17) is 4.43 Å². The summed E-state index contributed by atoms with van der Waals surface area (Å²) in [6.45, 7) is 7.46. The molecule has 0 amide bonds. The second-order valence-electron chi connectivity index (χ2n) is 6.41. The van der Waals surface area contributed by atoms with Crippen molar-refractivity contribution < 1.29 is 4.43 Å². The van der Waals surface area contributed by atoms with E-state index in [-0.39, 0.29) is 0 Å². The maximum atomic E-state index is 6.14. The van der Waals surface area contributed by atoms with Gasteiger partial charge in [-0.25, -0.2) is 0 Å². The van der Waals surface area contributed by atoms with Gasteiger partial charge in [-0.2, -0.15) is 0 Å². The Kier molecular flexibility index (Phi) is 3.00. The third-order valence-corrected chi connectivity index (χ3v) is 7.43. The highest BCUT2D eigenvalue weighted by Gasteiger charge is 2.27. The van der Waals surface area contributed by atoms with E-state index in [0.29, 0.717) is 0 Å². The summed E-state index contributed by atoms with van der Waals surface area (Å²) in [4.78, 5) is 0. The monoisotopic (exact) mass is 304 g/mol. The summed E-state index contributed by atoms with van der Waals surface area (Å²) in [6, 6.07) is 20.1. The summed E-state index contributed by atoms with van der Waals surface area (Å²) in [5.74, 6) is 0. The Morgan fingerprint density at radius 3 is 2.05 bits per heavy atom. The van der Waals surface area contributed by atoms with Gasteiger partial charge in [-0.3, -0.25) is 0 Å². The first-order chi connectivity index (χ1) is 10.6. The van der Waals surface area contributed by atoms with Crippen LogP contribution in [0.3, 0.4) is 0 Å². The quantitative estimate of drug-likeness (QED) is 0.381. The molecule has 0 bridgehead atoms. The van der Waals surface area contributed by atoms with Crippen molar-refractivity contribution in [1.82, 2.24) is 0 Å². The van der Waals surface area contributed by atoms with E-state index < -0.39 is 8.32 Å². The summed E-state index contributed by atoms with van der Waals surface area (Å²) < 4.78 is 6.14. The highest BCUT2D eigenvalue weighted by molar-refractivity contribution is 6.86. The van der Waals surface area contributed by atoms with Gasteiger partial charge in [0.1, 0.15) is 0 Å². The Labute approximate surface area is 132 Å². The molecule has 4 rings (SSSR count). The molecule has 4 aromatic rings. The summed E-state index contributed by atoms with van der Waals surface area (Å²) in [6.07, 6.45) is 0. The van der Waals surface area contributed by atoms with Crippen molar-refractivity contribution in [1.29, 1.82) is 0 Å². The van der Waals surface area contributed by atoms with Gasteiger partial charge in [0.05, 0.1) is 0 Å². The molecule has 0 N–H and O–H groups in total. The molecule has 0 unspecified atom stereocenters. The highest BCUT2D eigenvalue weighted by atomic mass is 28.4. The summed E-state index contributed by atoms with van der Waals surface area (Å²) in [5.41, 5.74) is 0. The van der Waals surface area contributed by atoms with E-state index in [1.54, 1.807) is 0 Å². The van der Waals surface area contributed by atoms with E-state index in [2.05, 4.69) is 74.6 Å². The molecule has 4 aromatic carbocycles. The van der Waals surface area contributed by atoms with Crippen molar-refractivity contribution in [3.8, 4) is 0 Å². The van der Waals surface area contributed by atoms with Gasteiger partial charge in [0, 0.05) is 6.61 Å². The Morgan fingerprint density at radius 1 is 0.773 bits per heavy atom. The van der Waals surface area contributed by atoms with Crippen LogP contribution in [0, 0.1) is 0 Å². The summed E-state index contributed by atoms with van der Waals surface area (Å²) in [5, 5.41) is 9.53. The first kappa shape index (κ1) is 13.7. The molecule has 22 heavy (non-hydrogen) atoms. The van der Waals surface area contributed by atoms with Gasteiger partial charge >= 0.3 is 0 Å². The summed E-state index contributed by atoms with van der Waals surface area (Å²) in [7, 11) is -1.87. The molecule has 0 saturated heterocycles. The fraction of sp³-hybridized carbons (Fsp3) is 0.200. The molecule has 0 atom stereocenters. The third-order valence-electron chi connectivity index (χ3n) is 4.68. The fourth-order valence-corrected chi connectivity index (χ4v) is 5.92. The lowest BCUT2D eigenvalue weighted by atomic mass is 9.94. The molecule has 0 fully saturated rings. The smallest absolute Gasteiger partial charge is 0.218 e. The van der Waals surface area contributed by atoms with Gasteiger partial charge in [0.15, 0.2) is 0 Å². The van der Waals surface area contributed by atoms with Crippen LogP contribution < -0.4 is 5.19 Å². The van der Waals surface area contributed by atoms with Crippen LogP contribution in [0.4, 0.5) is 0 Å². The Balaban J connectivity index is 2.17. The van der Waals surface area contributed by atoms with Crippen LogP contribution in [0.1, 0.15) is 6.92 Å². The number of benzene rings is 4. The van der Waals surface area contributed by atoms with Gasteiger partial charge in [0.25, 0.3) is 0 Å². The molecule has 0 heterocycles. The van der Waals surface area contributed by atoms with Crippen LogP contribution in [0.2, 0.25) is 13.1 Å². The largest absolute Gasteiger partial charge is 0.413 e. The number of hydrogen-bond acceptors (Lipinski definition) is 1. The molecule has 2 heteroatoms. The minimum Gasteiger partial charge on any atom is -0.413 e. The lowest BCUT2D eigenvalue weighted by Gasteiger charge is -2.25. The maximum absolute atomic E-state index is 6.14. The molecule has 1 nitrogen and oxygen atoms in total. The molecule has 0 aliphatic rings. The van der Waals surface area contributed by atoms with Gasteiger partial charge in [-0.05, 0) is 57.5 Å². The molecular formula is C20H20OSi. The third kappa shape index (κ3) is 1.88. The second kappa shape index (κ2) is 4.80. The van der Waals surface area contributed by atoms with E-state index in [1.807, 2.05) is 0 Å². The average molecular weight is 304 g/mol. The Morgan fingerprint density at radius 2 is 1.36 bits per heavy atom. The van der Waals surface area contributed by atoms with Gasteiger partial charge in [-0.15, -0.1) is 0 Å². The molecule has 0 spiro atoms. The van der Waals surface area contributed by atoms with E-state index in [1.165, 1.54) is 37.5 Å². The lowest BCUT2D eigenvalue weighted by molar-refractivity contribution is 0.339. The van der Waals surface area contributed by atoms with Crippen molar-refractivity contribution in [2.45, 2.75) is 20.0 Å². The van der Waals surface area contributed by atoms with E-state index >= 15 is 0 Å². The molecule has 110 valence electrons. The van der Waals surface area contributed by atoms with Crippen LogP contribution in [-0.4, -0.2) is 14.9 Å². The Hall–Kier alpha value is -1.90. The zero-order valence-corrected chi connectivity index (χ0v) is 14.3.